The molecule has 0 unspecified atom stereocenters. The number of ether oxygens (including phenoxy) is 8. The van der Waals surface area contributed by atoms with Crippen molar-refractivity contribution in [3.05, 3.63) is 76.3 Å². The number of rotatable bonds is 36. The summed E-state index contributed by atoms with van der Waals surface area (Å²) in [4.78, 5) is 119. The summed E-state index contributed by atoms with van der Waals surface area (Å²) in [6.07, 6.45) is 1.15. The number of nitrogens with one attached hydrogen (secondary N) is 6. The van der Waals surface area contributed by atoms with Crippen molar-refractivity contribution in [2.45, 2.75) is 162 Å². The second-order valence-electron chi connectivity index (χ2n) is 23.3. The number of unbranched alkanes of at least 4 members (excludes halogenated alkanes) is 1. The number of carbonyl (C=O) groups excluding carboxylic acids is 8. The molecule has 1 fully saturated rings. The van der Waals surface area contributed by atoms with Crippen molar-refractivity contribution in [3.63, 3.8) is 0 Å². The van der Waals surface area contributed by atoms with Crippen LogP contribution >= 0.6 is 11.6 Å². The Morgan fingerprint density at radius 3 is 2.08 bits per heavy atom. The molecule has 0 saturated carbocycles. The minimum absolute atomic E-state index is 0.0586. The highest BCUT2D eigenvalue weighted by Crippen LogP contribution is 2.45. The Bertz CT molecular complexity index is 2620. The fraction of sp³-hybridized carbons (Fsp3) is 0.635. The van der Waals surface area contributed by atoms with E-state index in [1.54, 1.807) is 59.1 Å². The Labute approximate surface area is 521 Å². The second kappa shape index (κ2) is 38.7. The molecule has 7 N–H and O–H groups in total. The van der Waals surface area contributed by atoms with Crippen molar-refractivity contribution in [1.82, 2.24) is 31.9 Å². The average Bonchev–Trinajstić information content (AvgIpc) is 3.00. The second-order valence-corrected chi connectivity index (χ2v) is 23.7. The summed E-state index contributed by atoms with van der Waals surface area (Å²) < 4.78 is 44.8. The highest BCUT2D eigenvalue weighted by atomic mass is 35.5. The fourth-order valence-corrected chi connectivity index (χ4v) is 9.59. The maximum absolute atomic E-state index is 14.0. The van der Waals surface area contributed by atoms with Crippen LogP contribution in [0.3, 0.4) is 0 Å². The third-order valence-corrected chi connectivity index (χ3v) is 14.9. The van der Waals surface area contributed by atoms with Crippen molar-refractivity contribution in [1.29, 1.82) is 0 Å². The van der Waals surface area contributed by atoms with E-state index in [-0.39, 0.29) is 88.8 Å². The maximum Gasteiger partial charge on any atom is 0.347 e. The van der Waals surface area contributed by atoms with Crippen LogP contribution in [0.25, 0.3) is 0 Å². The third kappa shape index (κ3) is 27.0. The Balaban J connectivity index is 1.42. The van der Waals surface area contributed by atoms with E-state index >= 15 is 0 Å². The molecule has 2 aliphatic heterocycles. The first-order valence-corrected chi connectivity index (χ1v) is 30.6. The Morgan fingerprint density at radius 2 is 1.44 bits per heavy atom. The number of methoxy groups -OCH3 is 2. The van der Waals surface area contributed by atoms with Gasteiger partial charge in [-0.15, -0.1) is 0 Å². The van der Waals surface area contributed by atoms with Crippen molar-refractivity contribution < 1.29 is 86.2 Å². The number of benzene rings is 2. The number of cyclic esters (lactones) is 2. The summed E-state index contributed by atoms with van der Waals surface area (Å²) >= 11 is 6.40. The first kappa shape index (κ1) is 73.8. The molecule has 2 aromatic carbocycles. The van der Waals surface area contributed by atoms with Crippen LogP contribution in [0.4, 0.5) is 0 Å². The summed E-state index contributed by atoms with van der Waals surface area (Å²) in [5.74, 6) is -5.92. The zero-order chi connectivity index (χ0) is 64.8. The summed E-state index contributed by atoms with van der Waals surface area (Å²) in [6.45, 7) is 15.2. The Kier molecular flexibility index (Phi) is 32.4. The Hall–Kier alpha value is -6.70. The minimum atomic E-state index is -1.30. The van der Waals surface area contributed by atoms with Crippen molar-refractivity contribution in [2.75, 3.05) is 73.6 Å². The molecule has 2 heterocycles. The summed E-state index contributed by atoms with van der Waals surface area (Å²) in [7, 11) is 3.08. The predicted molar refractivity (Wildman–Crippen MR) is 324 cm³/mol. The summed E-state index contributed by atoms with van der Waals surface area (Å²) in [5, 5.41) is 26.2. The Morgan fingerprint density at radius 1 is 0.773 bits per heavy atom. The molecule has 8 atom stereocenters. The molecule has 0 aromatic heterocycles. The first-order valence-electron chi connectivity index (χ1n) is 30.2. The number of epoxide rings is 1. The van der Waals surface area contributed by atoms with Crippen molar-refractivity contribution in [2.24, 2.45) is 23.2 Å². The van der Waals surface area contributed by atoms with Gasteiger partial charge in [-0.25, -0.2) is 4.79 Å². The van der Waals surface area contributed by atoms with Gasteiger partial charge in [-0.1, -0.05) is 82.6 Å². The van der Waals surface area contributed by atoms with Crippen LogP contribution in [-0.4, -0.2) is 168 Å². The molecule has 2 aliphatic rings. The molecule has 2 aromatic rings. The van der Waals surface area contributed by atoms with E-state index in [4.69, 9.17) is 54.6 Å². The third-order valence-electron chi connectivity index (χ3n) is 14.6. The van der Waals surface area contributed by atoms with Gasteiger partial charge in [0.2, 0.25) is 35.4 Å². The number of hydrogen-bond donors (Lipinski definition) is 7. The van der Waals surface area contributed by atoms with Gasteiger partial charge in [0.05, 0.1) is 69.9 Å². The normalized spacial score (nSPS) is 20.3. The van der Waals surface area contributed by atoms with Crippen LogP contribution in [0, 0.1) is 23.2 Å². The largest absolute Gasteiger partial charge is 0.495 e. The predicted octanol–water partition coefficient (Wildman–Crippen LogP) is 4.99. The van der Waals surface area contributed by atoms with Gasteiger partial charge in [-0.3, -0.25) is 38.4 Å². The molecule has 0 aliphatic carbocycles. The number of carboxylic acid groups (broad SMARTS) is 1. The van der Waals surface area contributed by atoms with Crippen LogP contribution in [0.2, 0.25) is 5.02 Å². The van der Waals surface area contributed by atoms with Gasteiger partial charge < -0.3 is 74.9 Å². The zero-order valence-electron chi connectivity index (χ0n) is 52.4. The first-order chi connectivity index (χ1) is 41.9. The van der Waals surface area contributed by atoms with E-state index in [2.05, 4.69) is 31.9 Å². The van der Waals surface area contributed by atoms with E-state index < -0.39 is 101 Å². The van der Waals surface area contributed by atoms with Gasteiger partial charge in [0.15, 0.2) is 6.10 Å². The molecule has 25 heteroatoms. The topological polar surface area (TPSA) is 323 Å². The van der Waals surface area contributed by atoms with Gasteiger partial charge in [0.1, 0.15) is 36.1 Å². The SMILES string of the molecule is COCCOCCOCCOCCC(=O)NCCCC[C@H](NC(=O)[C@@H](NC(=O)CCCC(=O)O)C(C)C)C(=O)NCc1ccc([C@H]2O[C@@H]2[C@@H](C)[C@@H]2C/C=C\C(=O)N[C@H](Cc3ccc(OC)c(Cl)c3)C(=O)NCC(C)(C)C(=O)O[C@@H](CC(C)C)C(=O)O2)cc1. The van der Waals surface area contributed by atoms with Gasteiger partial charge in [0, 0.05) is 64.8 Å². The van der Waals surface area contributed by atoms with E-state index in [1.165, 1.54) is 13.2 Å². The summed E-state index contributed by atoms with van der Waals surface area (Å²) in [6, 6.07) is 9.26. The molecule has 1 saturated heterocycles. The molecule has 0 radical (unpaired) electrons. The monoisotopic (exact) mass is 1260 g/mol. The molecule has 490 valence electrons. The van der Waals surface area contributed by atoms with Crippen LogP contribution in [-0.2, 0) is 89.3 Å². The average molecular weight is 1260 g/mol. The van der Waals surface area contributed by atoms with Gasteiger partial charge in [-0.2, -0.15) is 0 Å². The highest BCUT2D eigenvalue weighted by Gasteiger charge is 2.48. The number of carbonyl (C=O) groups is 9. The molecule has 6 amide bonds. The quantitative estimate of drug-likeness (QED) is 0.0268. The van der Waals surface area contributed by atoms with Crippen LogP contribution < -0.4 is 36.6 Å². The standard InChI is InChI=1S/C63H93ClN6O18/c1-39(2)34-50-61(79)86-48(15-12-16-52(72)68-47(36-43-21-24-49(82-9)45(64)35-43)59(77)67-38-63(6,7)62(80)87-50)41(5)56-57(88-56)44-22-19-42(20-23-44)37-66-58(76)46(69-60(78)55(40(3)4)70-53(73)17-13-18-54(74)75)14-10-11-26-65-51(71)25-27-83-30-31-85-33-32-84-29-28-81-8/h12,16,19-24,35,39-41,46-48,50,55-57H,10-11,13-15,17-18,25-34,36-38H2,1-9H3,(H,65,71)(H,66,76)(H,67,77)(H,68,72)(H,69,78)(H,70,73)(H,74,75)/b16-12-/t41-,46-,47+,48-,50-,55-,56+,57+/m0/s1. The lowest BCUT2D eigenvalue weighted by Crippen LogP contribution is -2.55. The summed E-state index contributed by atoms with van der Waals surface area (Å²) in [5.41, 5.74) is 0.865. The van der Waals surface area contributed by atoms with E-state index in [0.29, 0.717) is 75.4 Å². The molecule has 88 heavy (non-hydrogen) atoms. The number of hydrogen-bond acceptors (Lipinski definition) is 17. The van der Waals surface area contributed by atoms with Gasteiger partial charge >= 0.3 is 17.9 Å². The van der Waals surface area contributed by atoms with E-state index in [1.807, 2.05) is 45.0 Å². The fourth-order valence-electron chi connectivity index (χ4n) is 9.31. The van der Waals surface area contributed by atoms with E-state index in [0.717, 1.165) is 11.1 Å². The van der Waals surface area contributed by atoms with E-state index in [9.17, 15) is 43.2 Å². The number of carboxylic acids is 1. The molecule has 0 bridgehead atoms. The molecular weight excluding hydrogens is 1160 g/mol. The maximum atomic E-state index is 14.0. The lowest BCUT2D eigenvalue weighted by molar-refractivity contribution is -0.179. The van der Waals surface area contributed by atoms with Crippen molar-refractivity contribution >= 4 is 65.0 Å². The van der Waals surface area contributed by atoms with Crippen LogP contribution in [0.5, 0.6) is 5.75 Å². The highest BCUT2D eigenvalue weighted by molar-refractivity contribution is 6.32. The number of aliphatic carboxylic acids is 1. The van der Waals surface area contributed by atoms with Crippen molar-refractivity contribution in [3.8, 4) is 5.75 Å². The molecule has 4 rings (SSSR count). The van der Waals surface area contributed by atoms with Crippen LogP contribution in [0.1, 0.15) is 129 Å². The molecule has 0 spiro atoms. The number of amides is 6. The smallest absolute Gasteiger partial charge is 0.347 e. The van der Waals surface area contributed by atoms with Crippen LogP contribution in [0.15, 0.2) is 54.6 Å². The van der Waals surface area contributed by atoms with Gasteiger partial charge in [0.25, 0.3) is 0 Å². The molecular formula is C63H93ClN6O18. The van der Waals surface area contributed by atoms with Gasteiger partial charge in [-0.05, 0) is 92.7 Å². The molecule has 24 nitrogen and oxygen atoms in total. The number of halogens is 1. The number of esters is 2. The lowest BCUT2D eigenvalue weighted by atomic mass is 9.92. The zero-order valence-corrected chi connectivity index (χ0v) is 53.1. The minimum Gasteiger partial charge on any atom is -0.495 e. The lowest BCUT2D eigenvalue weighted by Gasteiger charge is -2.29.